The number of carboxylic acids is 3. The predicted octanol–water partition coefficient (Wildman–Crippen LogP) is 2.10. The van der Waals surface area contributed by atoms with Crippen molar-refractivity contribution in [2.24, 2.45) is 0 Å². The molecular weight excluding hydrogens is 558 g/mol. The highest BCUT2D eigenvalue weighted by atomic mass is 16.4. The Labute approximate surface area is 257 Å². The molecule has 2 amide bonds. The molecule has 0 bridgehead atoms. The summed E-state index contributed by atoms with van der Waals surface area (Å²) >= 11 is 0. The standard InChI is InChI=1S/C30H57N5O8/c1-3-5-7-9-11-13-15-31-26(36)21-34(24-29(40)41)19-17-33(23-28(38)39)18-20-35(25-30(42)43)22-27(37)32-16-14-12-10-8-6-4-2/h3-25H2,1-2H3,(H,31,36)(H,32,37)(H,38,39)(H,40,41)(H,42,43). The molecule has 13 heteroatoms. The molecule has 0 spiro atoms. The summed E-state index contributed by atoms with van der Waals surface area (Å²) in [6.45, 7) is 4.51. The van der Waals surface area contributed by atoms with Crippen molar-refractivity contribution < 1.29 is 39.3 Å². The van der Waals surface area contributed by atoms with Crippen molar-refractivity contribution in [2.45, 2.75) is 90.9 Å². The largest absolute Gasteiger partial charge is 0.480 e. The monoisotopic (exact) mass is 615 g/mol. The Morgan fingerprint density at radius 3 is 1.09 bits per heavy atom. The molecule has 0 aliphatic heterocycles. The second-order valence-corrected chi connectivity index (χ2v) is 11.1. The van der Waals surface area contributed by atoms with Gasteiger partial charge in [0.2, 0.25) is 11.8 Å². The lowest BCUT2D eigenvalue weighted by molar-refractivity contribution is -0.141. The fraction of sp³-hybridized carbons (Fsp3) is 0.833. The number of amides is 2. The maximum atomic E-state index is 12.4. The first-order valence-corrected chi connectivity index (χ1v) is 15.9. The molecule has 0 unspecified atom stereocenters. The lowest BCUT2D eigenvalue weighted by Crippen LogP contribution is -2.47. The zero-order chi connectivity index (χ0) is 32.3. The van der Waals surface area contributed by atoms with Crippen LogP contribution in [0.15, 0.2) is 0 Å². The topological polar surface area (TPSA) is 180 Å². The van der Waals surface area contributed by atoms with E-state index in [0.717, 1.165) is 51.4 Å². The molecule has 0 rings (SSSR count). The molecule has 0 aromatic carbocycles. The summed E-state index contributed by atoms with van der Waals surface area (Å²) in [6, 6.07) is 0. The Hall–Kier alpha value is -2.77. The van der Waals surface area contributed by atoms with Crippen LogP contribution in [0.5, 0.6) is 0 Å². The minimum atomic E-state index is -1.10. The molecule has 43 heavy (non-hydrogen) atoms. The number of aliphatic carboxylic acids is 3. The van der Waals surface area contributed by atoms with Crippen LogP contribution < -0.4 is 10.6 Å². The average molecular weight is 616 g/mol. The predicted molar refractivity (Wildman–Crippen MR) is 165 cm³/mol. The zero-order valence-corrected chi connectivity index (χ0v) is 26.5. The van der Waals surface area contributed by atoms with Crippen LogP contribution in [0.3, 0.4) is 0 Å². The summed E-state index contributed by atoms with van der Waals surface area (Å²) in [5.41, 5.74) is 0. The lowest BCUT2D eigenvalue weighted by atomic mass is 10.1. The van der Waals surface area contributed by atoms with Crippen LogP contribution in [-0.4, -0.2) is 132 Å². The van der Waals surface area contributed by atoms with Crippen LogP contribution in [0, 0.1) is 0 Å². The van der Waals surface area contributed by atoms with Gasteiger partial charge in [0.25, 0.3) is 0 Å². The van der Waals surface area contributed by atoms with Crippen LogP contribution in [-0.2, 0) is 24.0 Å². The van der Waals surface area contributed by atoms with Gasteiger partial charge in [0.15, 0.2) is 0 Å². The molecule has 0 fully saturated rings. The van der Waals surface area contributed by atoms with Gasteiger partial charge in [-0.1, -0.05) is 78.1 Å². The normalized spacial score (nSPS) is 11.3. The van der Waals surface area contributed by atoms with Crippen molar-refractivity contribution >= 4 is 29.7 Å². The van der Waals surface area contributed by atoms with E-state index in [4.69, 9.17) is 0 Å². The fourth-order valence-electron chi connectivity index (χ4n) is 4.62. The van der Waals surface area contributed by atoms with Crippen molar-refractivity contribution in [3.63, 3.8) is 0 Å². The van der Waals surface area contributed by atoms with E-state index < -0.39 is 17.9 Å². The summed E-state index contributed by atoms with van der Waals surface area (Å²) in [6.07, 6.45) is 13.0. The van der Waals surface area contributed by atoms with Gasteiger partial charge in [-0.05, 0) is 12.8 Å². The molecule has 0 saturated carbocycles. The molecule has 0 heterocycles. The van der Waals surface area contributed by atoms with Crippen molar-refractivity contribution in [2.75, 3.05) is 72.0 Å². The molecule has 5 N–H and O–H groups in total. The van der Waals surface area contributed by atoms with Crippen LogP contribution in [0.1, 0.15) is 90.9 Å². The summed E-state index contributed by atoms with van der Waals surface area (Å²) in [7, 11) is 0. The average Bonchev–Trinajstić information content (AvgIpc) is 2.92. The number of hydrogen-bond donors (Lipinski definition) is 5. The van der Waals surface area contributed by atoms with Gasteiger partial charge in [0.1, 0.15) is 0 Å². The van der Waals surface area contributed by atoms with Crippen molar-refractivity contribution in [1.82, 2.24) is 25.3 Å². The number of rotatable bonds is 30. The Kier molecular flexibility index (Phi) is 25.1. The van der Waals surface area contributed by atoms with E-state index in [0.29, 0.717) is 13.1 Å². The highest BCUT2D eigenvalue weighted by Crippen LogP contribution is 2.05. The number of hydrogen-bond acceptors (Lipinski definition) is 8. The number of nitrogens with one attached hydrogen (secondary N) is 2. The second-order valence-electron chi connectivity index (χ2n) is 11.1. The molecule has 0 radical (unpaired) electrons. The van der Waals surface area contributed by atoms with Gasteiger partial charge in [0, 0.05) is 39.3 Å². The summed E-state index contributed by atoms with van der Waals surface area (Å²) in [5.74, 6) is -3.89. The van der Waals surface area contributed by atoms with E-state index in [9.17, 15) is 39.3 Å². The van der Waals surface area contributed by atoms with Crippen LogP contribution in [0.25, 0.3) is 0 Å². The number of carbonyl (C=O) groups is 5. The van der Waals surface area contributed by atoms with E-state index in [1.807, 2.05) is 0 Å². The van der Waals surface area contributed by atoms with Crippen LogP contribution >= 0.6 is 0 Å². The molecule has 0 aromatic rings. The van der Waals surface area contributed by atoms with Crippen molar-refractivity contribution in [3.05, 3.63) is 0 Å². The van der Waals surface area contributed by atoms with E-state index in [1.54, 1.807) is 4.90 Å². The maximum Gasteiger partial charge on any atom is 0.317 e. The van der Waals surface area contributed by atoms with Gasteiger partial charge in [-0.15, -0.1) is 0 Å². The fourth-order valence-corrected chi connectivity index (χ4v) is 4.62. The number of unbranched alkanes of at least 4 members (excludes halogenated alkanes) is 10. The summed E-state index contributed by atoms with van der Waals surface area (Å²) < 4.78 is 0. The molecule has 0 aliphatic carbocycles. The van der Waals surface area contributed by atoms with Gasteiger partial charge in [-0.25, -0.2) is 0 Å². The van der Waals surface area contributed by atoms with E-state index >= 15 is 0 Å². The zero-order valence-electron chi connectivity index (χ0n) is 26.5. The molecule has 0 saturated heterocycles. The molecular formula is C30H57N5O8. The lowest BCUT2D eigenvalue weighted by Gasteiger charge is -2.28. The highest BCUT2D eigenvalue weighted by Gasteiger charge is 2.19. The SMILES string of the molecule is CCCCCCCCNC(=O)CN(CCN(CCN(CC(=O)O)CC(=O)NCCCCCCCC)CC(=O)O)CC(=O)O. The first-order valence-electron chi connectivity index (χ1n) is 15.9. The van der Waals surface area contributed by atoms with E-state index in [-0.39, 0.29) is 70.7 Å². The second kappa shape index (κ2) is 26.8. The van der Waals surface area contributed by atoms with Gasteiger partial charge in [-0.3, -0.25) is 38.7 Å². The van der Waals surface area contributed by atoms with Crippen LogP contribution in [0.4, 0.5) is 0 Å². The van der Waals surface area contributed by atoms with Gasteiger partial charge in [-0.2, -0.15) is 0 Å². The quantitative estimate of drug-likeness (QED) is 0.0747. The van der Waals surface area contributed by atoms with Gasteiger partial charge < -0.3 is 26.0 Å². The number of carbonyl (C=O) groups excluding carboxylic acids is 2. The number of carboxylic acid groups (broad SMARTS) is 3. The van der Waals surface area contributed by atoms with Crippen molar-refractivity contribution in [3.8, 4) is 0 Å². The third-order valence-electron chi connectivity index (χ3n) is 6.98. The third-order valence-corrected chi connectivity index (χ3v) is 6.98. The van der Waals surface area contributed by atoms with Crippen molar-refractivity contribution in [1.29, 1.82) is 0 Å². The Balaban J connectivity index is 4.84. The number of nitrogens with zero attached hydrogens (tertiary/aromatic N) is 3. The minimum absolute atomic E-state index is 0.127. The summed E-state index contributed by atoms with van der Waals surface area (Å²) in [4.78, 5) is 63.5. The van der Waals surface area contributed by atoms with Gasteiger partial charge in [0.05, 0.1) is 32.7 Å². The van der Waals surface area contributed by atoms with Gasteiger partial charge >= 0.3 is 17.9 Å². The molecule has 0 aliphatic rings. The Bertz CT molecular complexity index is 743. The third kappa shape index (κ3) is 26.6. The first-order chi connectivity index (χ1) is 20.6. The molecule has 0 atom stereocenters. The maximum absolute atomic E-state index is 12.4. The Morgan fingerprint density at radius 1 is 0.442 bits per heavy atom. The smallest absolute Gasteiger partial charge is 0.317 e. The Morgan fingerprint density at radius 2 is 0.744 bits per heavy atom. The molecule has 0 aromatic heterocycles. The van der Waals surface area contributed by atoms with Crippen LogP contribution in [0.2, 0.25) is 0 Å². The van der Waals surface area contributed by atoms with E-state index in [1.165, 1.54) is 35.5 Å². The molecule has 13 nitrogen and oxygen atoms in total. The van der Waals surface area contributed by atoms with E-state index in [2.05, 4.69) is 24.5 Å². The molecule has 250 valence electrons. The minimum Gasteiger partial charge on any atom is -0.480 e. The first kappa shape index (κ1) is 40.2. The highest BCUT2D eigenvalue weighted by molar-refractivity contribution is 5.79. The summed E-state index contributed by atoms with van der Waals surface area (Å²) in [5, 5.41) is 33.7.